The van der Waals surface area contributed by atoms with Crippen LogP contribution in [-0.4, -0.2) is 24.4 Å². The minimum absolute atomic E-state index is 0.0507. The number of fused-ring (bicyclic) bond motifs is 2. The van der Waals surface area contributed by atoms with Gasteiger partial charge in [-0.05, 0) is 18.9 Å². The molecule has 18 heavy (non-hydrogen) atoms. The van der Waals surface area contributed by atoms with Crippen LogP contribution in [0, 0.1) is 16.0 Å². The Hall–Kier alpha value is -1.62. The second-order valence-electron chi connectivity index (χ2n) is 4.82. The summed E-state index contributed by atoms with van der Waals surface area (Å²) < 4.78 is 11.4. The molecule has 1 aromatic rings. The van der Waals surface area contributed by atoms with Crippen LogP contribution < -0.4 is 4.74 Å². The van der Waals surface area contributed by atoms with E-state index in [2.05, 4.69) is 0 Å². The van der Waals surface area contributed by atoms with E-state index in [0.29, 0.717) is 6.61 Å². The Kier molecular flexibility index (Phi) is 2.91. The van der Waals surface area contributed by atoms with Gasteiger partial charge in [-0.15, -0.1) is 0 Å². The van der Waals surface area contributed by atoms with Gasteiger partial charge in [0.1, 0.15) is 5.75 Å². The molecule has 2 aliphatic heterocycles. The van der Waals surface area contributed by atoms with Crippen molar-refractivity contribution in [1.29, 1.82) is 0 Å². The van der Waals surface area contributed by atoms with Gasteiger partial charge in [0.15, 0.2) is 0 Å². The number of benzene rings is 1. The van der Waals surface area contributed by atoms with Crippen LogP contribution in [0.4, 0.5) is 0 Å². The van der Waals surface area contributed by atoms with Gasteiger partial charge in [-0.1, -0.05) is 18.2 Å². The van der Waals surface area contributed by atoms with Crippen molar-refractivity contribution in [3.63, 3.8) is 0 Å². The van der Waals surface area contributed by atoms with Crippen molar-refractivity contribution in [3.8, 4) is 5.75 Å². The molecular weight excluding hydrogens is 234 g/mol. The maximum Gasteiger partial charge on any atom is 0.211 e. The summed E-state index contributed by atoms with van der Waals surface area (Å²) in [6.45, 7) is 0.624. The maximum atomic E-state index is 10.9. The van der Waals surface area contributed by atoms with Crippen LogP contribution in [-0.2, 0) is 4.74 Å². The van der Waals surface area contributed by atoms with Gasteiger partial charge in [0.25, 0.3) is 0 Å². The van der Waals surface area contributed by atoms with Gasteiger partial charge < -0.3 is 9.47 Å². The number of hydrogen-bond donors (Lipinski definition) is 0. The van der Waals surface area contributed by atoms with Crippen molar-refractivity contribution < 1.29 is 14.4 Å². The van der Waals surface area contributed by atoms with Crippen LogP contribution in [0.2, 0.25) is 0 Å². The number of nitro groups is 1. The zero-order valence-electron chi connectivity index (χ0n) is 9.95. The molecular formula is C13H15NO4. The molecule has 5 heteroatoms. The second-order valence-corrected chi connectivity index (χ2v) is 4.82. The fraction of sp³-hybridized carbons (Fsp3) is 0.538. The second kappa shape index (κ2) is 4.57. The van der Waals surface area contributed by atoms with Gasteiger partial charge in [0.2, 0.25) is 12.8 Å². The first kappa shape index (κ1) is 11.5. The number of rotatable bonds is 2. The Labute approximate surface area is 105 Å². The number of nitrogens with zero attached hydrogens (tertiary/aromatic N) is 1. The highest BCUT2D eigenvalue weighted by molar-refractivity contribution is 5.39. The molecule has 2 heterocycles. The van der Waals surface area contributed by atoms with Crippen molar-refractivity contribution in [1.82, 2.24) is 0 Å². The summed E-state index contributed by atoms with van der Waals surface area (Å²) in [6.07, 6.45) is 1.55. The lowest BCUT2D eigenvalue weighted by atomic mass is 9.79. The summed E-state index contributed by atoms with van der Waals surface area (Å²) in [6, 6.07) is 7.56. The summed E-state index contributed by atoms with van der Waals surface area (Å²) >= 11 is 0. The normalized spacial score (nSPS) is 29.9. The topological polar surface area (TPSA) is 61.6 Å². The molecule has 0 aliphatic carbocycles. The van der Waals surface area contributed by atoms with Gasteiger partial charge in [-0.3, -0.25) is 10.1 Å². The average Bonchev–Trinajstić information content (AvgIpc) is 2.38. The third-order valence-corrected chi connectivity index (χ3v) is 3.74. The fourth-order valence-electron chi connectivity index (χ4n) is 2.93. The van der Waals surface area contributed by atoms with Crippen LogP contribution >= 0.6 is 0 Å². The first-order chi connectivity index (χ1) is 8.75. The van der Waals surface area contributed by atoms with Crippen molar-refractivity contribution in [3.05, 3.63) is 39.9 Å². The Morgan fingerprint density at radius 1 is 1.39 bits per heavy atom. The molecule has 5 nitrogen and oxygen atoms in total. The molecule has 1 fully saturated rings. The average molecular weight is 249 g/mol. The SMILES string of the molecule is O=[N+]([O-])C[C@H]1c2ccccc2O[C@@H]2OCCC[C@@H]21. The van der Waals surface area contributed by atoms with Gasteiger partial charge in [0.05, 0.1) is 12.5 Å². The third kappa shape index (κ3) is 1.95. The predicted octanol–water partition coefficient (Wildman–Crippen LogP) is 2.19. The molecule has 0 aromatic heterocycles. The number of ether oxygens (including phenoxy) is 2. The Bertz CT molecular complexity index is 462. The molecule has 0 bridgehead atoms. The summed E-state index contributed by atoms with van der Waals surface area (Å²) in [5.74, 6) is 0.724. The lowest BCUT2D eigenvalue weighted by Gasteiger charge is -2.40. The van der Waals surface area contributed by atoms with E-state index in [1.165, 1.54) is 0 Å². The largest absolute Gasteiger partial charge is 0.464 e. The first-order valence-electron chi connectivity index (χ1n) is 6.24. The molecule has 0 radical (unpaired) electrons. The lowest BCUT2D eigenvalue weighted by Crippen LogP contribution is -2.43. The Morgan fingerprint density at radius 2 is 2.22 bits per heavy atom. The molecule has 3 atom stereocenters. The van der Waals surface area contributed by atoms with Crippen LogP contribution in [0.3, 0.4) is 0 Å². The van der Waals surface area contributed by atoms with Gasteiger partial charge in [0, 0.05) is 16.4 Å². The van der Waals surface area contributed by atoms with Crippen LogP contribution in [0.15, 0.2) is 24.3 Å². The van der Waals surface area contributed by atoms with Crippen molar-refractivity contribution >= 4 is 0 Å². The van der Waals surface area contributed by atoms with E-state index in [4.69, 9.17) is 9.47 Å². The molecule has 1 aromatic carbocycles. The Morgan fingerprint density at radius 3 is 3.06 bits per heavy atom. The minimum Gasteiger partial charge on any atom is -0.464 e. The number of para-hydroxylation sites is 1. The highest BCUT2D eigenvalue weighted by Gasteiger charge is 2.42. The molecule has 0 spiro atoms. The zero-order chi connectivity index (χ0) is 12.5. The zero-order valence-corrected chi connectivity index (χ0v) is 9.95. The molecule has 96 valence electrons. The highest BCUT2D eigenvalue weighted by atomic mass is 16.7. The molecule has 0 saturated carbocycles. The monoisotopic (exact) mass is 249 g/mol. The van der Waals surface area contributed by atoms with E-state index >= 15 is 0 Å². The summed E-state index contributed by atoms with van der Waals surface area (Å²) in [4.78, 5) is 10.6. The third-order valence-electron chi connectivity index (χ3n) is 3.74. The van der Waals surface area contributed by atoms with Crippen molar-refractivity contribution in [2.45, 2.75) is 25.0 Å². The summed E-state index contributed by atoms with van der Waals surface area (Å²) in [5.41, 5.74) is 0.945. The predicted molar refractivity (Wildman–Crippen MR) is 64.1 cm³/mol. The lowest BCUT2D eigenvalue weighted by molar-refractivity contribution is -0.486. The molecule has 2 aliphatic rings. The number of hydrogen-bond acceptors (Lipinski definition) is 4. The van der Waals surface area contributed by atoms with Gasteiger partial charge in [-0.25, -0.2) is 0 Å². The van der Waals surface area contributed by atoms with E-state index in [-0.39, 0.29) is 29.6 Å². The molecule has 0 unspecified atom stereocenters. The van der Waals surface area contributed by atoms with Crippen LogP contribution in [0.1, 0.15) is 24.3 Å². The van der Waals surface area contributed by atoms with Crippen LogP contribution in [0.5, 0.6) is 5.75 Å². The standard InChI is InChI=1S/C13H15NO4/c15-14(16)8-11-9-4-1-2-6-12(9)18-13-10(11)5-3-7-17-13/h1-2,4,6,10-11,13H,3,5,7-8H2/t10-,11+,13+/m1/s1. The minimum atomic E-state index is -0.321. The van der Waals surface area contributed by atoms with E-state index in [1.807, 2.05) is 24.3 Å². The molecule has 0 N–H and O–H groups in total. The quantitative estimate of drug-likeness (QED) is 0.595. The first-order valence-corrected chi connectivity index (χ1v) is 6.24. The highest BCUT2D eigenvalue weighted by Crippen LogP contribution is 2.43. The van der Waals surface area contributed by atoms with E-state index < -0.39 is 0 Å². The van der Waals surface area contributed by atoms with E-state index in [0.717, 1.165) is 24.2 Å². The van der Waals surface area contributed by atoms with Gasteiger partial charge in [-0.2, -0.15) is 0 Å². The van der Waals surface area contributed by atoms with E-state index in [9.17, 15) is 10.1 Å². The maximum absolute atomic E-state index is 10.9. The molecule has 0 amide bonds. The van der Waals surface area contributed by atoms with Crippen molar-refractivity contribution in [2.75, 3.05) is 13.2 Å². The fourth-order valence-corrected chi connectivity index (χ4v) is 2.93. The molecule has 1 saturated heterocycles. The Balaban J connectivity index is 1.97. The van der Waals surface area contributed by atoms with Crippen molar-refractivity contribution in [2.24, 2.45) is 5.92 Å². The van der Waals surface area contributed by atoms with Gasteiger partial charge >= 0.3 is 0 Å². The van der Waals surface area contributed by atoms with Crippen LogP contribution in [0.25, 0.3) is 0 Å². The smallest absolute Gasteiger partial charge is 0.211 e. The van der Waals surface area contributed by atoms with E-state index in [1.54, 1.807) is 0 Å². The molecule has 3 rings (SSSR count). The summed E-state index contributed by atoms with van der Waals surface area (Å²) in [5, 5.41) is 10.9. The summed E-state index contributed by atoms with van der Waals surface area (Å²) in [7, 11) is 0.